The minimum atomic E-state index is -3.51. The van der Waals surface area contributed by atoms with Crippen LogP contribution in [0.25, 0.3) is 5.82 Å². The maximum atomic E-state index is 12.2. The fourth-order valence-electron chi connectivity index (χ4n) is 1.79. The van der Waals surface area contributed by atoms with Gasteiger partial charge in [0.25, 0.3) is 0 Å². The molecule has 0 fully saturated rings. The van der Waals surface area contributed by atoms with Crippen molar-refractivity contribution in [2.75, 3.05) is 0 Å². The molecule has 0 aliphatic heterocycles. The van der Waals surface area contributed by atoms with Crippen molar-refractivity contribution < 1.29 is 8.42 Å². The summed E-state index contributed by atoms with van der Waals surface area (Å²) in [5.41, 5.74) is 0.805. The molecule has 0 saturated carbocycles. The Bertz CT molecular complexity index is 875. The van der Waals surface area contributed by atoms with Crippen LogP contribution in [-0.2, 0) is 16.6 Å². The molecule has 3 aromatic heterocycles. The molecule has 3 aromatic rings. The van der Waals surface area contributed by atoms with Crippen LogP contribution in [0.5, 0.6) is 0 Å². The van der Waals surface area contributed by atoms with Crippen LogP contribution in [0.4, 0.5) is 0 Å². The summed E-state index contributed by atoms with van der Waals surface area (Å²) in [4.78, 5) is 4.21. The molecule has 0 radical (unpaired) electrons. The molecule has 0 bridgehead atoms. The smallest absolute Gasteiger partial charge is 0.237 e. The Balaban J connectivity index is 1.75. The van der Waals surface area contributed by atoms with Gasteiger partial charge in [0.15, 0.2) is 5.82 Å². The Labute approximate surface area is 140 Å². The van der Waals surface area contributed by atoms with Gasteiger partial charge in [-0.15, -0.1) is 11.3 Å². The molecule has 0 spiro atoms. The van der Waals surface area contributed by atoms with E-state index >= 15 is 0 Å². The normalized spacial score (nSPS) is 11.7. The second-order valence-corrected chi connectivity index (χ2v) is 8.81. The fraction of sp³-hybridized carbons (Fsp3) is 0.0769. The van der Waals surface area contributed by atoms with Gasteiger partial charge in [0.1, 0.15) is 4.21 Å². The number of aromatic nitrogens is 3. The molecule has 22 heavy (non-hydrogen) atoms. The van der Waals surface area contributed by atoms with Gasteiger partial charge in [-0.05, 0) is 51.8 Å². The molecule has 0 saturated heterocycles. The average molecular weight is 399 g/mol. The number of sulfonamides is 1. The highest BCUT2D eigenvalue weighted by atomic mass is 79.9. The van der Waals surface area contributed by atoms with Gasteiger partial charge in [-0.25, -0.2) is 22.8 Å². The number of rotatable bonds is 5. The predicted octanol–water partition coefficient (Wildman–Crippen LogP) is 2.57. The van der Waals surface area contributed by atoms with Crippen LogP contribution in [0.2, 0.25) is 0 Å². The molecule has 0 aromatic carbocycles. The third-order valence-electron chi connectivity index (χ3n) is 2.83. The van der Waals surface area contributed by atoms with Gasteiger partial charge in [-0.3, -0.25) is 0 Å². The Morgan fingerprint density at radius 1 is 1.27 bits per heavy atom. The average Bonchev–Trinajstić information content (AvgIpc) is 3.17. The summed E-state index contributed by atoms with van der Waals surface area (Å²) in [7, 11) is -3.51. The first-order valence-electron chi connectivity index (χ1n) is 6.24. The second-order valence-electron chi connectivity index (χ2n) is 4.36. The molecule has 0 aliphatic rings. The van der Waals surface area contributed by atoms with Crippen LogP contribution in [0.1, 0.15) is 5.56 Å². The minimum Gasteiger partial charge on any atom is -0.237 e. The second kappa shape index (κ2) is 6.29. The maximum absolute atomic E-state index is 12.2. The van der Waals surface area contributed by atoms with Crippen molar-refractivity contribution >= 4 is 37.3 Å². The van der Waals surface area contributed by atoms with E-state index in [2.05, 4.69) is 30.7 Å². The van der Waals surface area contributed by atoms with Gasteiger partial charge in [0.2, 0.25) is 10.0 Å². The summed E-state index contributed by atoms with van der Waals surface area (Å²) in [6, 6.07) is 8.63. The van der Waals surface area contributed by atoms with Crippen LogP contribution in [0, 0.1) is 0 Å². The molecule has 0 aliphatic carbocycles. The van der Waals surface area contributed by atoms with Crippen molar-refractivity contribution in [3.63, 3.8) is 0 Å². The SMILES string of the molecule is O=S(=O)(NCc1ccnc(-n2cccn2)c1)c1ccc(Br)s1. The van der Waals surface area contributed by atoms with E-state index in [4.69, 9.17) is 0 Å². The van der Waals surface area contributed by atoms with Crippen LogP contribution < -0.4 is 4.72 Å². The summed E-state index contributed by atoms with van der Waals surface area (Å²) < 4.78 is 29.6. The van der Waals surface area contributed by atoms with Gasteiger partial charge in [-0.1, -0.05) is 0 Å². The lowest BCUT2D eigenvalue weighted by Crippen LogP contribution is -2.22. The van der Waals surface area contributed by atoms with Crippen LogP contribution >= 0.6 is 27.3 Å². The third kappa shape index (κ3) is 3.43. The molecule has 114 valence electrons. The molecular formula is C13H11BrN4O2S2. The lowest BCUT2D eigenvalue weighted by Gasteiger charge is -2.06. The Morgan fingerprint density at radius 3 is 2.82 bits per heavy atom. The van der Waals surface area contributed by atoms with E-state index in [9.17, 15) is 8.42 Å². The van der Waals surface area contributed by atoms with E-state index in [1.165, 1.54) is 11.3 Å². The van der Waals surface area contributed by atoms with Crippen molar-refractivity contribution in [1.29, 1.82) is 0 Å². The lowest BCUT2D eigenvalue weighted by atomic mass is 10.2. The largest absolute Gasteiger partial charge is 0.250 e. The molecule has 0 atom stereocenters. The van der Waals surface area contributed by atoms with Crippen molar-refractivity contribution in [2.24, 2.45) is 0 Å². The van der Waals surface area contributed by atoms with E-state index < -0.39 is 10.0 Å². The summed E-state index contributed by atoms with van der Waals surface area (Å²) >= 11 is 4.43. The van der Waals surface area contributed by atoms with Gasteiger partial charge < -0.3 is 0 Å². The number of nitrogens with zero attached hydrogens (tertiary/aromatic N) is 3. The van der Waals surface area contributed by atoms with Crippen LogP contribution in [0.3, 0.4) is 0 Å². The van der Waals surface area contributed by atoms with E-state index in [1.807, 2.05) is 0 Å². The fourth-order valence-corrected chi connectivity index (χ4v) is 4.86. The quantitative estimate of drug-likeness (QED) is 0.716. The van der Waals surface area contributed by atoms with E-state index in [-0.39, 0.29) is 10.8 Å². The Morgan fingerprint density at radius 2 is 2.14 bits per heavy atom. The first kappa shape index (κ1) is 15.3. The number of thiophene rings is 1. The van der Waals surface area contributed by atoms with E-state index in [1.54, 1.807) is 53.6 Å². The molecule has 0 unspecified atom stereocenters. The number of nitrogens with one attached hydrogen (secondary N) is 1. The standard InChI is InChI=1S/C13H11BrN4O2S2/c14-11-2-3-13(21-11)22(19,20)17-9-10-4-6-15-12(8-10)18-7-1-5-16-18/h1-8,17H,9H2. The Kier molecular flexibility index (Phi) is 4.39. The van der Waals surface area contributed by atoms with E-state index in [0.29, 0.717) is 5.82 Å². The zero-order valence-electron chi connectivity index (χ0n) is 11.2. The highest BCUT2D eigenvalue weighted by molar-refractivity contribution is 9.11. The first-order chi connectivity index (χ1) is 10.5. The van der Waals surface area contributed by atoms with E-state index in [0.717, 1.165) is 9.35 Å². The number of halogens is 1. The molecular weight excluding hydrogens is 388 g/mol. The lowest BCUT2D eigenvalue weighted by molar-refractivity contribution is 0.583. The number of hydrogen-bond acceptors (Lipinski definition) is 5. The van der Waals surface area contributed by atoms with Crippen LogP contribution in [0.15, 0.2) is 56.9 Å². The molecule has 3 heterocycles. The predicted molar refractivity (Wildman–Crippen MR) is 87.4 cm³/mol. The van der Waals surface area contributed by atoms with Crippen LogP contribution in [-0.4, -0.2) is 23.2 Å². The van der Waals surface area contributed by atoms with Gasteiger partial charge >= 0.3 is 0 Å². The molecule has 3 rings (SSSR count). The maximum Gasteiger partial charge on any atom is 0.250 e. The summed E-state index contributed by atoms with van der Waals surface area (Å²) in [5, 5.41) is 4.10. The van der Waals surface area contributed by atoms with Crippen molar-refractivity contribution in [2.45, 2.75) is 10.8 Å². The van der Waals surface area contributed by atoms with Crippen molar-refractivity contribution in [3.8, 4) is 5.82 Å². The molecule has 1 N–H and O–H groups in total. The summed E-state index contributed by atoms with van der Waals surface area (Å²) in [6.45, 7) is 0.189. The molecule has 9 heteroatoms. The molecule has 6 nitrogen and oxygen atoms in total. The van der Waals surface area contributed by atoms with Gasteiger partial charge in [0.05, 0.1) is 3.79 Å². The zero-order valence-corrected chi connectivity index (χ0v) is 14.4. The number of hydrogen-bond donors (Lipinski definition) is 1. The van der Waals surface area contributed by atoms with Crippen molar-refractivity contribution in [3.05, 3.63) is 58.3 Å². The topological polar surface area (TPSA) is 76.9 Å². The third-order valence-corrected chi connectivity index (χ3v) is 6.35. The van der Waals surface area contributed by atoms with Gasteiger partial charge in [0, 0.05) is 25.1 Å². The highest BCUT2D eigenvalue weighted by Gasteiger charge is 2.16. The first-order valence-corrected chi connectivity index (χ1v) is 9.34. The Hall–Kier alpha value is -1.55. The highest BCUT2D eigenvalue weighted by Crippen LogP contribution is 2.25. The monoisotopic (exact) mass is 398 g/mol. The molecule has 0 amide bonds. The van der Waals surface area contributed by atoms with Crippen molar-refractivity contribution in [1.82, 2.24) is 19.5 Å². The zero-order chi connectivity index (χ0) is 15.6. The summed E-state index contributed by atoms with van der Waals surface area (Å²) in [5.74, 6) is 0.639. The summed E-state index contributed by atoms with van der Waals surface area (Å²) in [6.07, 6.45) is 5.06. The number of pyridine rings is 1. The minimum absolute atomic E-state index is 0.189. The van der Waals surface area contributed by atoms with Gasteiger partial charge in [-0.2, -0.15) is 5.10 Å².